The molecule has 0 radical (unpaired) electrons. The third kappa shape index (κ3) is 5.90. The molecular weight excluding hydrogens is 524 g/mol. The number of fused-ring (bicyclic) bond motifs is 1. The van der Waals surface area contributed by atoms with Crippen LogP contribution in [0.4, 0.5) is 5.69 Å². The molecule has 1 aliphatic heterocycles. The number of likely N-dealkylation sites (tertiary alicyclic amines) is 1. The number of pyridine rings is 2. The van der Waals surface area contributed by atoms with Crippen LogP contribution in [-0.4, -0.2) is 82.2 Å². The topological polar surface area (TPSA) is 154 Å². The Bertz CT molecular complexity index is 1610. The predicted octanol–water partition coefficient (Wildman–Crippen LogP) is 2.13. The van der Waals surface area contributed by atoms with Crippen molar-refractivity contribution in [2.45, 2.75) is 12.8 Å². The number of carbonyl (C=O) groups is 1. The highest BCUT2D eigenvalue weighted by Gasteiger charge is 2.26. The third-order valence-corrected chi connectivity index (χ3v) is 6.97. The van der Waals surface area contributed by atoms with Crippen molar-refractivity contribution in [2.24, 2.45) is 13.0 Å². The minimum absolute atomic E-state index is 0.121. The molecule has 14 heteroatoms. The number of nitrogens with one attached hydrogen (secondary N) is 1. The first-order chi connectivity index (χ1) is 18.7. The number of piperidine rings is 1. The summed E-state index contributed by atoms with van der Waals surface area (Å²) in [5.74, 6) is 0.698. The molecule has 0 aliphatic carbocycles. The molecule has 1 atom stereocenters. The molecule has 5 rings (SSSR count). The lowest BCUT2D eigenvalue weighted by atomic mass is 9.98. The van der Waals surface area contributed by atoms with Crippen molar-refractivity contribution in [3.8, 4) is 22.9 Å². The fourth-order valence-corrected chi connectivity index (χ4v) is 5.10. The minimum Gasteiger partial charge on any atom is -0.492 e. The van der Waals surface area contributed by atoms with Crippen molar-refractivity contribution in [1.29, 1.82) is 0 Å². The van der Waals surface area contributed by atoms with E-state index in [2.05, 4.69) is 25.0 Å². The number of aromatic nitrogens is 6. The van der Waals surface area contributed by atoms with E-state index >= 15 is 0 Å². The zero-order valence-corrected chi connectivity index (χ0v) is 22.6. The maximum atomic E-state index is 12.9. The molecule has 5 heterocycles. The van der Waals surface area contributed by atoms with E-state index in [0.717, 1.165) is 24.5 Å². The molecule has 1 aliphatic rings. The van der Waals surface area contributed by atoms with E-state index < -0.39 is 10.0 Å². The highest BCUT2D eigenvalue weighted by Crippen LogP contribution is 2.33. The minimum atomic E-state index is -3.56. The Kier molecular flexibility index (Phi) is 7.28. The largest absolute Gasteiger partial charge is 0.492 e. The second kappa shape index (κ2) is 10.8. The van der Waals surface area contributed by atoms with Crippen LogP contribution in [-0.2, 0) is 17.1 Å². The fourth-order valence-electron chi connectivity index (χ4n) is 4.55. The zero-order chi connectivity index (χ0) is 27.6. The summed E-state index contributed by atoms with van der Waals surface area (Å²) in [6.07, 6.45) is 7.61. The van der Waals surface area contributed by atoms with E-state index in [-0.39, 0.29) is 23.4 Å². The zero-order valence-electron chi connectivity index (χ0n) is 21.7. The Balaban J connectivity index is 1.39. The van der Waals surface area contributed by atoms with E-state index in [1.165, 1.54) is 13.3 Å². The van der Waals surface area contributed by atoms with Gasteiger partial charge in [-0.2, -0.15) is 10.2 Å². The average molecular weight is 553 g/mol. The number of methoxy groups -OCH3 is 1. The summed E-state index contributed by atoms with van der Waals surface area (Å²) in [5.41, 5.74) is 2.21. The molecule has 1 amide bonds. The van der Waals surface area contributed by atoms with Gasteiger partial charge in [-0.25, -0.2) is 18.4 Å². The van der Waals surface area contributed by atoms with Gasteiger partial charge >= 0.3 is 0 Å². The van der Waals surface area contributed by atoms with Crippen LogP contribution in [0.5, 0.6) is 11.6 Å². The number of aryl methyl sites for hydroxylation is 1. The third-order valence-electron chi connectivity index (χ3n) is 6.37. The summed E-state index contributed by atoms with van der Waals surface area (Å²) in [6.45, 7) is 1.60. The Labute approximate surface area is 225 Å². The number of ether oxygens (including phenoxy) is 2. The summed E-state index contributed by atoms with van der Waals surface area (Å²) in [7, 11) is -0.372. The van der Waals surface area contributed by atoms with E-state index in [0.29, 0.717) is 48.0 Å². The second-order valence-electron chi connectivity index (χ2n) is 9.35. The SMILES string of the molecule is COc1ncc(-c2cc(OC[C@@H]3CCCN(C(=O)c4cccnn4)C3)c3cnn(C)c3n2)cc1NS(C)(=O)=O. The lowest BCUT2D eigenvalue weighted by Gasteiger charge is -2.32. The summed E-state index contributed by atoms with van der Waals surface area (Å²) in [5, 5.41) is 12.8. The van der Waals surface area contributed by atoms with Crippen LogP contribution < -0.4 is 14.2 Å². The van der Waals surface area contributed by atoms with E-state index in [1.54, 1.807) is 53.3 Å². The van der Waals surface area contributed by atoms with Gasteiger partial charge in [0.15, 0.2) is 11.3 Å². The molecule has 0 bridgehead atoms. The summed E-state index contributed by atoms with van der Waals surface area (Å²) in [4.78, 5) is 23.6. The number of hydrogen-bond acceptors (Lipinski definition) is 10. The molecule has 0 aromatic carbocycles. The molecule has 1 fully saturated rings. The maximum Gasteiger partial charge on any atom is 0.274 e. The van der Waals surface area contributed by atoms with Crippen LogP contribution >= 0.6 is 0 Å². The molecule has 13 nitrogen and oxygen atoms in total. The van der Waals surface area contributed by atoms with Crippen LogP contribution in [0.3, 0.4) is 0 Å². The molecule has 4 aromatic heterocycles. The summed E-state index contributed by atoms with van der Waals surface area (Å²) < 4.78 is 39.3. The van der Waals surface area contributed by atoms with Gasteiger partial charge in [0.05, 0.1) is 37.2 Å². The molecule has 1 N–H and O–H groups in total. The molecule has 0 unspecified atom stereocenters. The standard InChI is InChI=1S/C25H28N8O5S/c1-32-23-18(13-28-32)22(11-20(29-23)17-10-21(31-39(3,35)36)24(37-2)26-12-17)38-15-16-6-5-9-33(14-16)25(34)19-7-4-8-27-30-19/h4,7-8,10-13,16,31H,5-6,9,14-15H2,1-3H3/t16-/m1/s1. The first-order valence-electron chi connectivity index (χ1n) is 12.3. The highest BCUT2D eigenvalue weighted by molar-refractivity contribution is 7.92. The van der Waals surface area contributed by atoms with Crippen molar-refractivity contribution >= 4 is 32.7 Å². The van der Waals surface area contributed by atoms with Gasteiger partial charge in [-0.1, -0.05) is 0 Å². The Morgan fingerprint density at radius 2 is 2.10 bits per heavy atom. The first kappa shape index (κ1) is 26.3. The van der Waals surface area contributed by atoms with Crippen LogP contribution in [0, 0.1) is 5.92 Å². The van der Waals surface area contributed by atoms with Crippen molar-refractivity contribution in [3.63, 3.8) is 0 Å². The molecule has 1 saturated heterocycles. The van der Waals surface area contributed by atoms with Gasteiger partial charge in [-0.05, 0) is 31.0 Å². The second-order valence-corrected chi connectivity index (χ2v) is 11.1. The van der Waals surface area contributed by atoms with E-state index in [1.807, 2.05) is 0 Å². The first-order valence-corrected chi connectivity index (χ1v) is 14.2. The maximum absolute atomic E-state index is 12.9. The monoisotopic (exact) mass is 552 g/mol. The van der Waals surface area contributed by atoms with Gasteiger partial charge in [0.25, 0.3) is 5.91 Å². The van der Waals surface area contributed by atoms with Crippen molar-refractivity contribution in [1.82, 2.24) is 34.8 Å². The van der Waals surface area contributed by atoms with Crippen molar-refractivity contribution in [3.05, 3.63) is 48.5 Å². The highest BCUT2D eigenvalue weighted by atomic mass is 32.2. The van der Waals surface area contributed by atoms with E-state index in [9.17, 15) is 13.2 Å². The number of sulfonamides is 1. The smallest absolute Gasteiger partial charge is 0.274 e. The van der Waals surface area contributed by atoms with Crippen LogP contribution in [0.15, 0.2) is 42.9 Å². The molecule has 204 valence electrons. The van der Waals surface area contributed by atoms with Crippen LogP contribution in [0.25, 0.3) is 22.3 Å². The van der Waals surface area contributed by atoms with Gasteiger partial charge < -0.3 is 14.4 Å². The molecule has 0 spiro atoms. The van der Waals surface area contributed by atoms with Crippen molar-refractivity contribution < 1.29 is 22.7 Å². The number of nitrogens with zero attached hydrogens (tertiary/aromatic N) is 7. The van der Waals surface area contributed by atoms with Crippen molar-refractivity contribution in [2.75, 3.05) is 37.8 Å². The number of hydrogen-bond donors (Lipinski definition) is 1. The molecule has 39 heavy (non-hydrogen) atoms. The summed E-state index contributed by atoms with van der Waals surface area (Å²) >= 11 is 0. The normalized spacial score (nSPS) is 15.8. The predicted molar refractivity (Wildman–Crippen MR) is 143 cm³/mol. The summed E-state index contributed by atoms with van der Waals surface area (Å²) in [6, 6.07) is 6.75. The molecule has 0 saturated carbocycles. The number of rotatable bonds is 8. The quantitative estimate of drug-likeness (QED) is 0.344. The van der Waals surface area contributed by atoms with Gasteiger partial charge in [0.2, 0.25) is 15.9 Å². The number of anilines is 1. The van der Waals surface area contributed by atoms with Crippen LogP contribution in [0.2, 0.25) is 0 Å². The Hall–Kier alpha value is -4.33. The molecule has 4 aromatic rings. The van der Waals surface area contributed by atoms with Crippen LogP contribution in [0.1, 0.15) is 23.3 Å². The average Bonchev–Trinajstić information content (AvgIpc) is 3.31. The lowest BCUT2D eigenvalue weighted by molar-refractivity contribution is 0.0627. The number of amides is 1. The number of carbonyl (C=O) groups excluding carboxylic acids is 1. The van der Waals surface area contributed by atoms with Gasteiger partial charge in [-0.3, -0.25) is 14.2 Å². The van der Waals surface area contributed by atoms with Gasteiger partial charge in [-0.15, -0.1) is 5.10 Å². The lowest BCUT2D eigenvalue weighted by Crippen LogP contribution is -2.42. The van der Waals surface area contributed by atoms with E-state index in [4.69, 9.17) is 14.5 Å². The fraction of sp³-hybridized carbons (Fsp3) is 0.360. The Morgan fingerprint density at radius 1 is 1.26 bits per heavy atom. The van der Waals surface area contributed by atoms with Gasteiger partial charge in [0.1, 0.15) is 11.4 Å². The van der Waals surface area contributed by atoms with Gasteiger partial charge in [0, 0.05) is 50.1 Å². The Morgan fingerprint density at radius 3 is 2.85 bits per heavy atom. The molecular formula is C25H28N8O5S.